The largest absolute Gasteiger partial charge is 0.507 e. The summed E-state index contributed by atoms with van der Waals surface area (Å²) in [7, 11) is 0. The minimum atomic E-state index is 0.129. The highest BCUT2D eigenvalue weighted by atomic mass is 35.5. The minimum Gasteiger partial charge on any atom is -0.507 e. The molecule has 4 heteroatoms. The fourth-order valence-corrected chi connectivity index (χ4v) is 1.20. The highest BCUT2D eigenvalue weighted by molar-refractivity contribution is 6.31. The Hall–Kier alpha value is -0.770. The smallest absolute Gasteiger partial charge is 0.124 e. The standard InChI is InChI=1S/C8H10ClNO2/c1-5-2-3-7(9)6(4-10-12)8(5)11/h2-3,10-12H,4H2,1H3. The van der Waals surface area contributed by atoms with Crippen molar-refractivity contribution in [3.05, 3.63) is 28.3 Å². The summed E-state index contributed by atoms with van der Waals surface area (Å²) in [4.78, 5) is 0. The molecule has 3 nitrogen and oxygen atoms in total. The molecule has 0 atom stereocenters. The van der Waals surface area contributed by atoms with Gasteiger partial charge in [-0.1, -0.05) is 17.7 Å². The second-order valence-corrected chi connectivity index (χ2v) is 2.93. The van der Waals surface area contributed by atoms with Crippen molar-refractivity contribution in [2.45, 2.75) is 13.5 Å². The van der Waals surface area contributed by atoms with E-state index in [1.54, 1.807) is 19.1 Å². The Morgan fingerprint density at radius 1 is 1.50 bits per heavy atom. The molecule has 1 aromatic carbocycles. The van der Waals surface area contributed by atoms with Crippen molar-refractivity contribution >= 4 is 11.6 Å². The van der Waals surface area contributed by atoms with Gasteiger partial charge in [0.2, 0.25) is 0 Å². The van der Waals surface area contributed by atoms with Crippen LogP contribution in [0.1, 0.15) is 11.1 Å². The van der Waals surface area contributed by atoms with E-state index in [1.165, 1.54) is 0 Å². The van der Waals surface area contributed by atoms with Crippen LogP contribution in [0.3, 0.4) is 0 Å². The number of hydrogen-bond donors (Lipinski definition) is 3. The van der Waals surface area contributed by atoms with Gasteiger partial charge in [0.05, 0.1) is 6.54 Å². The quantitative estimate of drug-likeness (QED) is 0.620. The van der Waals surface area contributed by atoms with Crippen molar-refractivity contribution in [1.82, 2.24) is 5.48 Å². The molecule has 0 aliphatic rings. The van der Waals surface area contributed by atoms with Crippen molar-refractivity contribution in [2.24, 2.45) is 0 Å². The molecule has 0 aliphatic heterocycles. The maximum absolute atomic E-state index is 9.47. The van der Waals surface area contributed by atoms with E-state index in [9.17, 15) is 5.11 Å². The van der Waals surface area contributed by atoms with Crippen molar-refractivity contribution in [1.29, 1.82) is 0 Å². The Labute approximate surface area is 75.6 Å². The molecule has 0 saturated heterocycles. The first-order chi connectivity index (χ1) is 5.66. The van der Waals surface area contributed by atoms with E-state index in [1.807, 2.05) is 5.48 Å². The third kappa shape index (κ3) is 1.69. The molecule has 0 fully saturated rings. The Bertz CT molecular complexity index is 289. The van der Waals surface area contributed by atoms with Crippen LogP contribution >= 0.6 is 11.6 Å². The number of nitrogens with one attached hydrogen (secondary N) is 1. The monoisotopic (exact) mass is 187 g/mol. The Morgan fingerprint density at radius 3 is 2.75 bits per heavy atom. The summed E-state index contributed by atoms with van der Waals surface area (Å²) >= 11 is 5.77. The molecule has 0 amide bonds. The van der Waals surface area contributed by atoms with Crippen LogP contribution in [0, 0.1) is 6.92 Å². The van der Waals surface area contributed by atoms with E-state index >= 15 is 0 Å². The fourth-order valence-electron chi connectivity index (χ4n) is 0.976. The number of aromatic hydroxyl groups is 1. The number of benzene rings is 1. The third-order valence-corrected chi connectivity index (χ3v) is 2.04. The molecule has 0 radical (unpaired) electrons. The molecule has 1 aromatic rings. The summed E-state index contributed by atoms with van der Waals surface area (Å²) < 4.78 is 0. The summed E-state index contributed by atoms with van der Waals surface area (Å²) in [5, 5.41) is 18.4. The summed E-state index contributed by atoms with van der Waals surface area (Å²) in [6, 6.07) is 3.40. The van der Waals surface area contributed by atoms with E-state index in [-0.39, 0.29) is 12.3 Å². The van der Waals surface area contributed by atoms with Crippen LogP contribution in [0.4, 0.5) is 0 Å². The average Bonchev–Trinajstić information content (AvgIpc) is 2.06. The van der Waals surface area contributed by atoms with Crippen LogP contribution in [0.25, 0.3) is 0 Å². The lowest BCUT2D eigenvalue weighted by atomic mass is 10.1. The topological polar surface area (TPSA) is 52.5 Å². The molecule has 0 spiro atoms. The highest BCUT2D eigenvalue weighted by Crippen LogP contribution is 2.28. The maximum atomic E-state index is 9.47. The van der Waals surface area contributed by atoms with Gasteiger partial charge in [-0.3, -0.25) is 0 Å². The van der Waals surface area contributed by atoms with Gasteiger partial charge in [-0.15, -0.1) is 0 Å². The number of phenolic OH excluding ortho intramolecular Hbond substituents is 1. The van der Waals surface area contributed by atoms with Crippen LogP contribution < -0.4 is 5.48 Å². The molecular weight excluding hydrogens is 178 g/mol. The van der Waals surface area contributed by atoms with Gasteiger partial charge in [0.25, 0.3) is 0 Å². The predicted molar refractivity (Wildman–Crippen MR) is 46.5 cm³/mol. The predicted octanol–water partition coefficient (Wildman–Crippen LogP) is 1.83. The summed E-state index contributed by atoms with van der Waals surface area (Å²) in [5.41, 5.74) is 3.20. The summed E-state index contributed by atoms with van der Waals surface area (Å²) in [5.74, 6) is 0.129. The number of rotatable bonds is 2. The Kier molecular flexibility index (Phi) is 2.92. The van der Waals surface area contributed by atoms with Gasteiger partial charge >= 0.3 is 0 Å². The van der Waals surface area contributed by atoms with E-state index in [2.05, 4.69) is 0 Å². The van der Waals surface area contributed by atoms with Crippen LogP contribution in [0.15, 0.2) is 12.1 Å². The normalized spacial score (nSPS) is 10.2. The number of halogens is 1. The third-order valence-electron chi connectivity index (χ3n) is 1.68. The molecular formula is C8H10ClNO2. The fraction of sp³-hybridized carbons (Fsp3) is 0.250. The summed E-state index contributed by atoms with van der Waals surface area (Å²) in [6.45, 7) is 1.92. The van der Waals surface area contributed by atoms with E-state index in [0.717, 1.165) is 5.56 Å². The molecule has 0 aromatic heterocycles. The van der Waals surface area contributed by atoms with Crippen LogP contribution in [0.5, 0.6) is 5.75 Å². The lowest BCUT2D eigenvalue weighted by Gasteiger charge is -2.07. The second-order valence-electron chi connectivity index (χ2n) is 2.53. The first kappa shape index (κ1) is 9.32. The first-order valence-corrected chi connectivity index (χ1v) is 3.88. The van der Waals surface area contributed by atoms with Gasteiger partial charge < -0.3 is 10.3 Å². The SMILES string of the molecule is Cc1ccc(Cl)c(CNO)c1O. The second kappa shape index (κ2) is 3.76. The molecule has 3 N–H and O–H groups in total. The van der Waals surface area contributed by atoms with Crippen molar-refractivity contribution in [3.63, 3.8) is 0 Å². The van der Waals surface area contributed by atoms with Crippen molar-refractivity contribution in [3.8, 4) is 5.75 Å². The van der Waals surface area contributed by atoms with Gasteiger partial charge in [-0.2, -0.15) is 0 Å². The van der Waals surface area contributed by atoms with Gasteiger partial charge in [-0.25, -0.2) is 5.48 Å². The number of phenols is 1. The maximum Gasteiger partial charge on any atom is 0.124 e. The molecule has 0 aliphatic carbocycles. The first-order valence-electron chi connectivity index (χ1n) is 3.50. The molecule has 0 bridgehead atoms. The van der Waals surface area contributed by atoms with Crippen LogP contribution in [-0.2, 0) is 6.54 Å². The van der Waals surface area contributed by atoms with Gasteiger partial charge in [0.1, 0.15) is 5.75 Å². The molecule has 0 unspecified atom stereocenters. The van der Waals surface area contributed by atoms with Gasteiger partial charge in [0, 0.05) is 10.6 Å². The Balaban J connectivity index is 3.14. The van der Waals surface area contributed by atoms with Crippen molar-refractivity contribution in [2.75, 3.05) is 0 Å². The molecule has 1 rings (SSSR count). The van der Waals surface area contributed by atoms with E-state index in [4.69, 9.17) is 16.8 Å². The number of hydrogen-bond acceptors (Lipinski definition) is 3. The molecule has 0 heterocycles. The van der Waals surface area contributed by atoms with Crippen LogP contribution in [-0.4, -0.2) is 10.3 Å². The zero-order chi connectivity index (χ0) is 9.14. The summed E-state index contributed by atoms with van der Waals surface area (Å²) in [6.07, 6.45) is 0. The minimum absolute atomic E-state index is 0.129. The van der Waals surface area contributed by atoms with Gasteiger partial charge in [0.15, 0.2) is 0 Å². The lowest BCUT2D eigenvalue weighted by molar-refractivity contribution is 0.160. The van der Waals surface area contributed by atoms with Crippen LogP contribution in [0.2, 0.25) is 5.02 Å². The Morgan fingerprint density at radius 2 is 2.17 bits per heavy atom. The zero-order valence-electron chi connectivity index (χ0n) is 6.63. The number of hydroxylamine groups is 1. The number of aryl methyl sites for hydroxylation is 1. The van der Waals surface area contributed by atoms with E-state index < -0.39 is 0 Å². The van der Waals surface area contributed by atoms with Crippen molar-refractivity contribution < 1.29 is 10.3 Å². The zero-order valence-corrected chi connectivity index (χ0v) is 7.39. The molecule has 0 saturated carbocycles. The van der Waals surface area contributed by atoms with Gasteiger partial charge in [-0.05, 0) is 18.6 Å². The average molecular weight is 188 g/mol. The molecule has 66 valence electrons. The van der Waals surface area contributed by atoms with E-state index in [0.29, 0.717) is 10.6 Å². The highest BCUT2D eigenvalue weighted by Gasteiger charge is 2.07. The lowest BCUT2D eigenvalue weighted by Crippen LogP contribution is -2.07. The molecule has 12 heavy (non-hydrogen) atoms.